The number of rotatable bonds is 5. The number of thiocarbonyl (C=S) groups is 1. The fraction of sp³-hybridized carbons (Fsp3) is 0.0833. The Kier molecular flexibility index (Phi) is 5.53. The van der Waals surface area contributed by atoms with Crippen LogP contribution in [0.4, 0.5) is 11.4 Å². The molecule has 1 aliphatic heterocycles. The Hall–Kier alpha value is -3.75. The molecule has 0 amide bonds. The van der Waals surface area contributed by atoms with Crippen LogP contribution in [0.5, 0.6) is 0 Å². The molecule has 2 atom stereocenters. The minimum Gasteiger partial charge on any atom is -0.459 e. The average molecular weight is 477 g/mol. The Bertz CT molecular complexity index is 1330. The second kappa shape index (κ2) is 8.65. The van der Waals surface area contributed by atoms with Gasteiger partial charge >= 0.3 is 0 Å². The quantitative estimate of drug-likeness (QED) is 0.212. The van der Waals surface area contributed by atoms with Crippen molar-refractivity contribution in [2.45, 2.75) is 12.1 Å². The van der Waals surface area contributed by atoms with Crippen molar-refractivity contribution in [3.8, 4) is 11.3 Å². The molecule has 5 rings (SSSR count). The Morgan fingerprint density at radius 2 is 1.88 bits per heavy atom. The zero-order valence-corrected chi connectivity index (χ0v) is 18.7. The Labute approximate surface area is 199 Å². The van der Waals surface area contributed by atoms with Crippen LogP contribution in [0.3, 0.4) is 0 Å². The molecule has 1 N–H and O–H groups in total. The Morgan fingerprint density at radius 1 is 1.06 bits per heavy atom. The first-order chi connectivity index (χ1) is 16.0. The molecule has 0 spiro atoms. The highest BCUT2D eigenvalue weighted by atomic mass is 35.5. The maximum atomic E-state index is 11.2. The second-order valence-corrected chi connectivity index (χ2v) is 8.31. The zero-order valence-electron chi connectivity index (χ0n) is 17.1. The van der Waals surface area contributed by atoms with E-state index in [1.807, 2.05) is 47.4 Å². The Balaban J connectivity index is 1.58. The largest absolute Gasteiger partial charge is 0.459 e. The first-order valence-electron chi connectivity index (χ1n) is 10.1. The van der Waals surface area contributed by atoms with Crippen LogP contribution in [-0.2, 0) is 0 Å². The van der Waals surface area contributed by atoms with Gasteiger partial charge in [0.2, 0.25) is 0 Å². The third-order valence-corrected chi connectivity index (χ3v) is 6.03. The van der Waals surface area contributed by atoms with E-state index in [2.05, 4.69) is 10.3 Å². The van der Waals surface area contributed by atoms with E-state index in [4.69, 9.17) is 28.2 Å². The second-order valence-electron chi connectivity index (χ2n) is 7.48. The molecule has 2 unspecified atom stereocenters. The molecular weight excluding hydrogens is 460 g/mol. The molecule has 0 radical (unpaired) electrons. The molecule has 2 aromatic carbocycles. The average Bonchev–Trinajstić information content (AvgIpc) is 3.45. The number of anilines is 1. The van der Waals surface area contributed by atoms with E-state index in [9.17, 15) is 10.1 Å². The lowest BCUT2D eigenvalue weighted by molar-refractivity contribution is -0.384. The Morgan fingerprint density at radius 3 is 2.61 bits per heavy atom. The molecule has 33 heavy (non-hydrogen) atoms. The van der Waals surface area contributed by atoms with Crippen molar-refractivity contribution in [3.63, 3.8) is 0 Å². The van der Waals surface area contributed by atoms with Crippen LogP contribution >= 0.6 is 23.8 Å². The SMILES string of the molecule is O=[N+]([O-])c1cccc(-c2ccc(C3C(c4ccccn4)NC(=S)N3c3ccc(Cl)cc3)o2)c1. The van der Waals surface area contributed by atoms with Crippen LogP contribution < -0.4 is 10.2 Å². The summed E-state index contributed by atoms with van der Waals surface area (Å²) in [6.45, 7) is 0. The molecular formula is C24H17ClN4O3S. The summed E-state index contributed by atoms with van der Waals surface area (Å²) in [6, 6.07) is 22.6. The van der Waals surface area contributed by atoms with Gasteiger partial charge in [0.05, 0.1) is 16.7 Å². The molecule has 7 nitrogen and oxygen atoms in total. The van der Waals surface area contributed by atoms with E-state index < -0.39 is 4.92 Å². The summed E-state index contributed by atoms with van der Waals surface area (Å²) in [4.78, 5) is 17.3. The number of pyridine rings is 1. The number of benzene rings is 2. The zero-order chi connectivity index (χ0) is 22.9. The van der Waals surface area contributed by atoms with Crippen molar-refractivity contribution in [1.82, 2.24) is 10.3 Å². The highest BCUT2D eigenvalue weighted by Gasteiger charge is 2.42. The molecule has 1 fully saturated rings. The first kappa shape index (κ1) is 21.1. The number of hydrogen-bond acceptors (Lipinski definition) is 5. The number of nitrogens with one attached hydrogen (secondary N) is 1. The van der Waals surface area contributed by atoms with Crippen LogP contribution in [-0.4, -0.2) is 15.0 Å². The van der Waals surface area contributed by atoms with Gasteiger partial charge in [-0.2, -0.15) is 0 Å². The molecule has 1 aliphatic rings. The van der Waals surface area contributed by atoms with Crippen LogP contribution in [0.25, 0.3) is 11.3 Å². The predicted octanol–water partition coefficient (Wildman–Crippen LogP) is 6.08. The molecule has 0 aliphatic carbocycles. The van der Waals surface area contributed by atoms with Gasteiger partial charge in [-0.05, 0) is 60.7 Å². The standard InChI is InChI=1S/C24H17ClN4O3S/c25-16-7-9-17(10-8-16)28-23(22(27-24(28)33)19-6-1-2-13-26-19)21-12-11-20(32-21)15-4-3-5-18(14-15)29(30)31/h1-14,22-23H,(H,27,33). The van der Waals surface area contributed by atoms with Crippen LogP contribution in [0.1, 0.15) is 23.5 Å². The molecule has 3 heterocycles. The summed E-state index contributed by atoms with van der Waals surface area (Å²) in [6.07, 6.45) is 1.73. The molecule has 4 aromatic rings. The van der Waals surface area contributed by atoms with Crippen LogP contribution in [0.2, 0.25) is 5.02 Å². The van der Waals surface area contributed by atoms with Gasteiger partial charge in [0.15, 0.2) is 5.11 Å². The number of halogens is 1. The number of nitrogens with zero attached hydrogens (tertiary/aromatic N) is 3. The number of nitro benzene ring substituents is 1. The van der Waals surface area contributed by atoms with Crippen molar-refractivity contribution < 1.29 is 9.34 Å². The van der Waals surface area contributed by atoms with Gasteiger partial charge < -0.3 is 14.6 Å². The molecule has 2 aromatic heterocycles. The number of hydrogen-bond donors (Lipinski definition) is 1. The minimum atomic E-state index is -0.425. The van der Waals surface area contributed by atoms with Gasteiger partial charge in [-0.1, -0.05) is 29.8 Å². The number of nitro groups is 1. The van der Waals surface area contributed by atoms with Crippen LogP contribution in [0.15, 0.2) is 89.5 Å². The van der Waals surface area contributed by atoms with Gasteiger partial charge in [-0.25, -0.2) is 0 Å². The molecule has 9 heteroatoms. The van der Waals surface area contributed by atoms with Crippen molar-refractivity contribution in [1.29, 1.82) is 0 Å². The first-order valence-corrected chi connectivity index (χ1v) is 10.9. The summed E-state index contributed by atoms with van der Waals surface area (Å²) < 4.78 is 6.25. The fourth-order valence-corrected chi connectivity index (χ4v) is 4.44. The molecule has 0 bridgehead atoms. The topological polar surface area (TPSA) is 84.4 Å². The van der Waals surface area contributed by atoms with Gasteiger partial charge in [0, 0.05) is 34.6 Å². The number of non-ortho nitro benzene ring substituents is 1. The van der Waals surface area contributed by atoms with E-state index in [1.54, 1.807) is 30.5 Å². The molecule has 0 saturated carbocycles. The van der Waals surface area contributed by atoms with E-state index in [1.165, 1.54) is 12.1 Å². The fourth-order valence-electron chi connectivity index (χ4n) is 3.96. The summed E-state index contributed by atoms with van der Waals surface area (Å²) in [5.41, 5.74) is 2.29. The van der Waals surface area contributed by atoms with Crippen molar-refractivity contribution in [2.24, 2.45) is 0 Å². The molecule has 164 valence electrons. The lowest BCUT2D eigenvalue weighted by atomic mass is 10.0. The predicted molar refractivity (Wildman–Crippen MR) is 130 cm³/mol. The normalized spacial score (nSPS) is 17.7. The smallest absolute Gasteiger partial charge is 0.270 e. The van der Waals surface area contributed by atoms with Crippen molar-refractivity contribution in [3.05, 3.63) is 112 Å². The van der Waals surface area contributed by atoms with Crippen LogP contribution in [0, 0.1) is 10.1 Å². The van der Waals surface area contributed by atoms with Gasteiger partial charge in [-0.3, -0.25) is 15.1 Å². The number of furan rings is 1. The lowest BCUT2D eigenvalue weighted by Crippen LogP contribution is -2.29. The van der Waals surface area contributed by atoms with Gasteiger partial charge in [-0.15, -0.1) is 0 Å². The van der Waals surface area contributed by atoms with Crippen molar-refractivity contribution in [2.75, 3.05) is 4.90 Å². The lowest BCUT2D eigenvalue weighted by Gasteiger charge is -2.26. The third kappa shape index (κ3) is 4.06. The summed E-state index contributed by atoms with van der Waals surface area (Å²) in [5, 5.41) is 15.7. The maximum absolute atomic E-state index is 11.2. The van der Waals surface area contributed by atoms with E-state index in [0.29, 0.717) is 27.2 Å². The van der Waals surface area contributed by atoms with E-state index in [0.717, 1.165) is 11.4 Å². The summed E-state index contributed by atoms with van der Waals surface area (Å²) >= 11 is 11.8. The monoisotopic (exact) mass is 476 g/mol. The van der Waals surface area contributed by atoms with Gasteiger partial charge in [0.25, 0.3) is 5.69 Å². The van der Waals surface area contributed by atoms with E-state index in [-0.39, 0.29) is 17.8 Å². The van der Waals surface area contributed by atoms with E-state index >= 15 is 0 Å². The highest BCUT2D eigenvalue weighted by Crippen LogP contribution is 2.43. The van der Waals surface area contributed by atoms with Crippen molar-refractivity contribution >= 4 is 40.3 Å². The summed E-state index contributed by atoms with van der Waals surface area (Å²) in [5.74, 6) is 1.18. The third-order valence-electron chi connectivity index (χ3n) is 5.46. The number of aromatic nitrogens is 1. The summed E-state index contributed by atoms with van der Waals surface area (Å²) in [7, 11) is 0. The maximum Gasteiger partial charge on any atom is 0.270 e. The molecule has 1 saturated heterocycles. The van der Waals surface area contributed by atoms with Gasteiger partial charge in [0.1, 0.15) is 17.6 Å². The highest BCUT2D eigenvalue weighted by molar-refractivity contribution is 7.80. The minimum absolute atomic E-state index is 0.00307.